The first-order valence-corrected chi connectivity index (χ1v) is 10.2. The van der Waals surface area contributed by atoms with Crippen LogP contribution in [0.3, 0.4) is 0 Å². The van der Waals surface area contributed by atoms with Crippen molar-refractivity contribution < 1.29 is 47.5 Å². The first-order valence-electron chi connectivity index (χ1n) is 7.63. The SMILES string of the molecule is O=C([N-]S(=O)(=O)c1ccc(N2CCOCC2)nc1)c1ccc(Cl)cc1Br.[Na+]. The molecule has 0 N–H and O–H groups in total. The van der Waals surface area contributed by atoms with E-state index in [-0.39, 0.29) is 40.0 Å². The molecule has 0 saturated carbocycles. The normalized spacial score (nSPS) is 14.4. The van der Waals surface area contributed by atoms with Gasteiger partial charge in [0.2, 0.25) is 0 Å². The number of sulfonamides is 1. The number of nitrogens with zero attached hydrogens (tertiary/aromatic N) is 3. The predicted octanol–water partition coefficient (Wildman–Crippen LogP) is 0.241. The van der Waals surface area contributed by atoms with E-state index >= 15 is 0 Å². The number of carbonyl (C=O) groups is 1. The Morgan fingerprint density at radius 1 is 1.22 bits per heavy atom. The Morgan fingerprint density at radius 2 is 1.93 bits per heavy atom. The van der Waals surface area contributed by atoms with Gasteiger partial charge in [-0.25, -0.2) is 13.4 Å². The quantitative estimate of drug-likeness (QED) is 0.580. The molecule has 0 unspecified atom stereocenters. The molecule has 2 heterocycles. The number of halogens is 2. The molecule has 0 radical (unpaired) electrons. The molecule has 1 aliphatic heterocycles. The molecule has 0 spiro atoms. The molecule has 3 rings (SSSR count). The topological polar surface area (TPSA) is 90.7 Å². The molecule has 11 heteroatoms. The fourth-order valence-electron chi connectivity index (χ4n) is 2.38. The molecular weight excluding hydrogens is 469 g/mol. The van der Waals surface area contributed by atoms with Crippen molar-refractivity contribution in [2.75, 3.05) is 31.2 Å². The number of ether oxygens (including phenoxy) is 1. The maximum atomic E-state index is 12.4. The van der Waals surface area contributed by atoms with Gasteiger partial charge in [-0.2, -0.15) is 0 Å². The molecule has 138 valence electrons. The van der Waals surface area contributed by atoms with Crippen LogP contribution >= 0.6 is 27.5 Å². The second kappa shape index (κ2) is 9.69. The van der Waals surface area contributed by atoms with E-state index in [1.165, 1.54) is 30.5 Å². The van der Waals surface area contributed by atoms with Crippen molar-refractivity contribution in [3.8, 4) is 0 Å². The predicted molar refractivity (Wildman–Crippen MR) is 101 cm³/mol. The van der Waals surface area contributed by atoms with Crippen LogP contribution in [0.5, 0.6) is 0 Å². The average Bonchev–Trinajstić information content (AvgIpc) is 2.62. The second-order valence-corrected chi connectivity index (χ2v) is 8.34. The number of carbonyl (C=O) groups excluding carboxylic acids is 1. The zero-order chi connectivity index (χ0) is 18.7. The second-order valence-electron chi connectivity index (χ2n) is 5.45. The van der Waals surface area contributed by atoms with Crippen molar-refractivity contribution in [1.29, 1.82) is 0 Å². The van der Waals surface area contributed by atoms with Crippen molar-refractivity contribution in [2.45, 2.75) is 4.90 Å². The number of pyridine rings is 1. The van der Waals surface area contributed by atoms with Crippen LogP contribution in [-0.4, -0.2) is 45.6 Å². The van der Waals surface area contributed by atoms with E-state index < -0.39 is 15.9 Å². The summed E-state index contributed by atoms with van der Waals surface area (Å²) in [5, 5.41) is 0.416. The molecule has 1 aromatic heterocycles. The number of rotatable bonds is 4. The number of hydrogen-bond acceptors (Lipinski definition) is 6. The molecule has 27 heavy (non-hydrogen) atoms. The summed E-state index contributed by atoms with van der Waals surface area (Å²) in [5.41, 5.74) is 0.107. The van der Waals surface area contributed by atoms with Gasteiger partial charge in [0.05, 0.1) is 24.0 Å². The first-order chi connectivity index (χ1) is 12.4. The van der Waals surface area contributed by atoms with Gasteiger partial charge in [-0.3, -0.25) is 0 Å². The zero-order valence-corrected chi connectivity index (χ0v) is 19.6. The van der Waals surface area contributed by atoms with E-state index in [1.807, 2.05) is 4.90 Å². The van der Waals surface area contributed by atoms with Crippen LogP contribution in [0.1, 0.15) is 10.4 Å². The van der Waals surface area contributed by atoms with Crippen LogP contribution < -0.4 is 34.5 Å². The monoisotopic (exact) mass is 481 g/mol. The third-order valence-electron chi connectivity index (χ3n) is 3.72. The third-order valence-corrected chi connectivity index (χ3v) is 5.85. The van der Waals surface area contributed by atoms with Gasteiger partial charge in [0.15, 0.2) is 0 Å². The molecule has 1 aromatic carbocycles. The average molecular weight is 483 g/mol. The van der Waals surface area contributed by atoms with Crippen molar-refractivity contribution in [3.05, 3.63) is 56.3 Å². The van der Waals surface area contributed by atoms with Crippen LogP contribution in [-0.2, 0) is 14.8 Å². The molecule has 1 amide bonds. The molecule has 0 bridgehead atoms. The third kappa shape index (κ3) is 5.66. The van der Waals surface area contributed by atoms with Crippen LogP contribution in [0.15, 0.2) is 45.9 Å². The van der Waals surface area contributed by atoms with Crippen LogP contribution in [0, 0.1) is 0 Å². The summed E-state index contributed by atoms with van der Waals surface area (Å²) >= 11 is 9.00. The van der Waals surface area contributed by atoms with Gasteiger partial charge in [-0.1, -0.05) is 33.6 Å². The Hall–Kier alpha value is -0.680. The molecule has 1 aliphatic rings. The van der Waals surface area contributed by atoms with Gasteiger partial charge in [0, 0.05) is 34.3 Å². The molecule has 0 atom stereocenters. The van der Waals surface area contributed by atoms with Gasteiger partial charge in [-0.15, -0.1) is 0 Å². The maximum Gasteiger partial charge on any atom is 1.00 e. The van der Waals surface area contributed by atoms with E-state index in [0.29, 0.717) is 41.6 Å². The Balaban J connectivity index is 0.00000261. The Kier molecular flexibility index (Phi) is 8.11. The standard InChI is InChI=1S/C16H15BrClN3O4S.Na/c17-14-9-11(18)1-3-13(14)16(22)20-26(23,24)12-2-4-15(19-10-12)21-5-7-25-8-6-21;/h1-4,9-10H,5-8H2,(H,20,22);/q;+1/p-1. The van der Waals surface area contributed by atoms with Gasteiger partial charge >= 0.3 is 29.6 Å². The molecule has 7 nitrogen and oxygen atoms in total. The first kappa shape index (κ1) is 22.6. The fourth-order valence-corrected chi connectivity index (χ4v) is 4.08. The van der Waals surface area contributed by atoms with Gasteiger partial charge in [-0.05, 0) is 24.3 Å². The van der Waals surface area contributed by atoms with E-state index in [4.69, 9.17) is 16.3 Å². The molecule has 0 aliphatic carbocycles. The molecular formula is C16H14BrClN3NaO4S. The number of morpholine rings is 1. The van der Waals surface area contributed by atoms with Crippen molar-refractivity contribution in [2.24, 2.45) is 0 Å². The Morgan fingerprint density at radius 3 is 2.52 bits per heavy atom. The van der Waals surface area contributed by atoms with E-state index in [1.54, 1.807) is 6.07 Å². The maximum absolute atomic E-state index is 12.4. The number of anilines is 1. The zero-order valence-electron chi connectivity index (χ0n) is 14.4. The van der Waals surface area contributed by atoms with Crippen molar-refractivity contribution >= 4 is 49.3 Å². The van der Waals surface area contributed by atoms with E-state index in [0.717, 1.165) is 0 Å². The summed E-state index contributed by atoms with van der Waals surface area (Å²) in [6.07, 6.45) is 1.20. The molecule has 1 saturated heterocycles. The van der Waals surface area contributed by atoms with Gasteiger partial charge in [0.25, 0.3) is 0 Å². The minimum absolute atomic E-state index is 0. The summed E-state index contributed by atoms with van der Waals surface area (Å²) < 4.78 is 33.8. The number of aromatic nitrogens is 1. The Bertz CT molecular complexity index is 922. The van der Waals surface area contributed by atoms with Crippen LogP contribution in [0.25, 0.3) is 4.72 Å². The van der Waals surface area contributed by atoms with Crippen LogP contribution in [0.4, 0.5) is 5.82 Å². The minimum Gasteiger partial charge on any atom is -0.537 e. The van der Waals surface area contributed by atoms with Gasteiger partial charge < -0.3 is 19.2 Å². The summed E-state index contributed by atoms with van der Waals surface area (Å²) in [6.45, 7) is 2.57. The summed E-state index contributed by atoms with van der Waals surface area (Å²) in [6, 6.07) is 7.38. The van der Waals surface area contributed by atoms with Crippen LogP contribution in [0.2, 0.25) is 5.02 Å². The molecule has 2 aromatic rings. The smallest absolute Gasteiger partial charge is 0.537 e. The van der Waals surface area contributed by atoms with E-state index in [9.17, 15) is 13.2 Å². The largest absolute Gasteiger partial charge is 1.00 e. The van der Waals surface area contributed by atoms with Crippen molar-refractivity contribution in [1.82, 2.24) is 4.98 Å². The van der Waals surface area contributed by atoms with Gasteiger partial charge in [0.1, 0.15) is 15.8 Å². The Labute approximate surface area is 192 Å². The number of benzene rings is 1. The summed E-state index contributed by atoms with van der Waals surface area (Å²) in [7, 11) is -4.17. The van der Waals surface area contributed by atoms with Crippen molar-refractivity contribution in [3.63, 3.8) is 0 Å². The van der Waals surface area contributed by atoms with E-state index in [2.05, 4.69) is 25.6 Å². The fraction of sp³-hybridized carbons (Fsp3) is 0.250. The number of amides is 1. The minimum atomic E-state index is -4.17. The number of hydrogen-bond donors (Lipinski definition) is 0. The summed E-state index contributed by atoms with van der Waals surface area (Å²) in [5.74, 6) is -0.232. The molecule has 1 fully saturated rings. The summed E-state index contributed by atoms with van der Waals surface area (Å²) in [4.78, 5) is 18.2.